The second-order valence-electron chi connectivity index (χ2n) is 5.54. The van der Waals surface area contributed by atoms with Gasteiger partial charge in [-0.2, -0.15) is 0 Å². The molecule has 0 fully saturated rings. The van der Waals surface area contributed by atoms with Crippen molar-refractivity contribution < 1.29 is 19.6 Å². The molecule has 0 aliphatic heterocycles. The maximum absolute atomic E-state index is 11.4. The van der Waals surface area contributed by atoms with Gasteiger partial charge in [-0.15, -0.1) is 0 Å². The molecule has 0 unspecified atom stereocenters. The molecule has 1 rings (SSSR count). The van der Waals surface area contributed by atoms with E-state index < -0.39 is 18.8 Å². The summed E-state index contributed by atoms with van der Waals surface area (Å²) in [5, 5.41) is 20.6. The van der Waals surface area contributed by atoms with Crippen molar-refractivity contribution in [1.82, 2.24) is 10.3 Å². The maximum Gasteiger partial charge on any atom is 0.488 e. The van der Waals surface area contributed by atoms with Gasteiger partial charge in [0.05, 0.1) is 0 Å². The first-order chi connectivity index (χ1) is 9.78. The largest absolute Gasteiger partial charge is 0.488 e. The molecule has 1 heterocycles. The van der Waals surface area contributed by atoms with Crippen LogP contribution in [0.2, 0.25) is 0 Å². The summed E-state index contributed by atoms with van der Waals surface area (Å²) in [6.45, 7) is 5.39. The fraction of sp³-hybridized carbons (Fsp3) is 0.429. The fourth-order valence-corrected chi connectivity index (χ4v) is 1.54. The Morgan fingerprint density at radius 3 is 2.81 bits per heavy atom. The Labute approximate surface area is 125 Å². The Hall–Kier alpha value is -1.86. The lowest BCUT2D eigenvalue weighted by Crippen LogP contribution is -2.30. The molecule has 0 saturated carbocycles. The Morgan fingerprint density at radius 2 is 2.19 bits per heavy atom. The van der Waals surface area contributed by atoms with Gasteiger partial charge in [-0.25, -0.2) is 4.79 Å². The van der Waals surface area contributed by atoms with Crippen LogP contribution in [0.15, 0.2) is 30.6 Å². The van der Waals surface area contributed by atoms with Gasteiger partial charge in [-0.3, -0.25) is 10.3 Å². The summed E-state index contributed by atoms with van der Waals surface area (Å²) in [4.78, 5) is 15.5. The molecule has 0 radical (unpaired) electrons. The van der Waals surface area contributed by atoms with E-state index in [0.29, 0.717) is 18.3 Å². The normalized spacial score (nSPS) is 11.5. The molecule has 0 aliphatic carbocycles. The van der Waals surface area contributed by atoms with E-state index in [1.165, 1.54) is 12.4 Å². The first-order valence-corrected chi connectivity index (χ1v) is 6.73. The molecule has 1 amide bonds. The van der Waals surface area contributed by atoms with Gasteiger partial charge in [-0.1, -0.05) is 6.08 Å². The fourth-order valence-electron chi connectivity index (χ4n) is 1.54. The summed E-state index contributed by atoms with van der Waals surface area (Å²) in [7, 11) is -1.49. The number of pyridine rings is 1. The van der Waals surface area contributed by atoms with Crippen LogP contribution in [0.4, 0.5) is 4.79 Å². The number of carbonyl (C=O) groups excluding carboxylic acids is 1. The van der Waals surface area contributed by atoms with Gasteiger partial charge in [0.2, 0.25) is 0 Å². The first kappa shape index (κ1) is 17.2. The first-order valence-electron chi connectivity index (χ1n) is 6.73. The number of hydrogen-bond donors (Lipinski definition) is 3. The minimum Gasteiger partial charge on any atom is -0.444 e. The number of aryl methyl sites for hydroxylation is 1. The number of nitrogens with zero attached hydrogens (tertiary/aromatic N) is 1. The molecule has 114 valence electrons. The van der Waals surface area contributed by atoms with Gasteiger partial charge in [0.15, 0.2) is 0 Å². The second kappa shape index (κ2) is 7.80. The lowest BCUT2D eigenvalue weighted by molar-refractivity contribution is 0.0552. The Balaban J connectivity index is 2.35. The zero-order valence-corrected chi connectivity index (χ0v) is 12.5. The highest BCUT2D eigenvalue weighted by Crippen LogP contribution is 2.06. The van der Waals surface area contributed by atoms with Crippen LogP contribution in [-0.2, 0) is 11.2 Å². The predicted octanol–water partition coefficient (Wildman–Crippen LogP) is 0.732. The number of allylic oxidation sites excluding steroid dienone is 1. The summed E-state index contributed by atoms with van der Waals surface area (Å²) < 4.78 is 5.08. The van der Waals surface area contributed by atoms with E-state index in [0.717, 1.165) is 5.69 Å². The van der Waals surface area contributed by atoms with Gasteiger partial charge in [0.25, 0.3) is 0 Å². The Kier molecular flexibility index (Phi) is 6.39. The zero-order valence-electron chi connectivity index (χ0n) is 12.5. The molecule has 6 nitrogen and oxygen atoms in total. The van der Waals surface area contributed by atoms with Crippen molar-refractivity contribution in [1.29, 1.82) is 0 Å². The van der Waals surface area contributed by atoms with Crippen molar-refractivity contribution in [3.8, 4) is 0 Å². The average molecular weight is 292 g/mol. The molecule has 0 aliphatic rings. The number of rotatable bonds is 5. The summed E-state index contributed by atoms with van der Waals surface area (Å²) >= 11 is 0. The van der Waals surface area contributed by atoms with Crippen LogP contribution in [0.25, 0.3) is 0 Å². The quantitative estimate of drug-likeness (QED) is 0.696. The molecular weight excluding hydrogens is 271 g/mol. The van der Waals surface area contributed by atoms with Crippen LogP contribution < -0.4 is 10.8 Å². The van der Waals surface area contributed by atoms with Crippen LogP contribution in [-0.4, -0.2) is 33.8 Å². The second-order valence-corrected chi connectivity index (χ2v) is 5.54. The zero-order chi connectivity index (χ0) is 15.9. The van der Waals surface area contributed by atoms with Crippen LogP contribution >= 0.6 is 0 Å². The van der Waals surface area contributed by atoms with Gasteiger partial charge < -0.3 is 14.8 Å². The maximum atomic E-state index is 11.4. The highest BCUT2D eigenvalue weighted by molar-refractivity contribution is 6.58. The van der Waals surface area contributed by atoms with E-state index in [9.17, 15) is 4.79 Å². The molecule has 1 aromatic rings. The molecular formula is C14H21BN2O4. The van der Waals surface area contributed by atoms with Gasteiger partial charge in [0.1, 0.15) is 5.60 Å². The van der Waals surface area contributed by atoms with Gasteiger partial charge in [0, 0.05) is 18.1 Å². The predicted molar refractivity (Wildman–Crippen MR) is 80.9 cm³/mol. The lowest BCUT2D eigenvalue weighted by Gasteiger charge is -2.18. The minimum atomic E-state index is -1.49. The Morgan fingerprint density at radius 1 is 1.48 bits per heavy atom. The van der Waals surface area contributed by atoms with E-state index in [-0.39, 0.29) is 0 Å². The van der Waals surface area contributed by atoms with Crippen LogP contribution in [0.3, 0.4) is 0 Å². The number of alkyl carbamates (subject to hydrolysis) is 1. The van der Waals surface area contributed by atoms with E-state index in [1.54, 1.807) is 39.0 Å². The molecule has 0 spiro atoms. The highest BCUT2D eigenvalue weighted by atomic mass is 16.6. The summed E-state index contributed by atoms with van der Waals surface area (Å²) in [6.07, 6.45) is 5.64. The molecule has 1 aromatic heterocycles. The molecule has 3 N–H and O–H groups in total. The van der Waals surface area contributed by atoms with E-state index in [1.807, 2.05) is 0 Å². The number of nitrogens with one attached hydrogen (secondary N) is 1. The molecule has 0 aromatic carbocycles. The molecule has 0 atom stereocenters. The van der Waals surface area contributed by atoms with Crippen LogP contribution in [0.5, 0.6) is 0 Å². The van der Waals surface area contributed by atoms with E-state index in [4.69, 9.17) is 14.8 Å². The molecule has 7 heteroatoms. The number of aromatic nitrogens is 1. The minimum absolute atomic E-state index is 0.413. The molecule has 0 saturated heterocycles. The van der Waals surface area contributed by atoms with Gasteiger partial charge >= 0.3 is 13.2 Å². The topological polar surface area (TPSA) is 91.7 Å². The smallest absolute Gasteiger partial charge is 0.444 e. The number of carbonyl (C=O) groups is 1. The third-order valence-corrected chi connectivity index (χ3v) is 2.42. The third kappa shape index (κ3) is 7.48. The molecule has 21 heavy (non-hydrogen) atoms. The summed E-state index contributed by atoms with van der Waals surface area (Å²) in [6, 6.07) is 3.19. The van der Waals surface area contributed by atoms with Gasteiger partial charge in [-0.05, 0) is 51.2 Å². The standard InChI is InChI=1S/C14H21BN2O4/c1-14(2,3)21-13(18)17-8-5-4-6-12-10-11(15(19)20)7-9-16-12/h5,7-10,19-20H,4,6H2,1-3H3,(H,17,18). The average Bonchev–Trinajstić information content (AvgIpc) is 2.36. The number of amides is 1. The van der Waals surface area contributed by atoms with Crippen LogP contribution in [0.1, 0.15) is 32.9 Å². The van der Waals surface area contributed by atoms with Crippen molar-refractivity contribution in [2.24, 2.45) is 0 Å². The van der Waals surface area contributed by atoms with Crippen molar-refractivity contribution >= 4 is 18.7 Å². The van der Waals surface area contributed by atoms with Crippen molar-refractivity contribution in [2.45, 2.75) is 39.2 Å². The van der Waals surface area contributed by atoms with E-state index in [2.05, 4.69) is 10.3 Å². The van der Waals surface area contributed by atoms with Crippen molar-refractivity contribution in [3.05, 3.63) is 36.3 Å². The number of hydrogen-bond acceptors (Lipinski definition) is 5. The summed E-state index contributed by atoms with van der Waals surface area (Å²) in [5.41, 5.74) is 0.645. The Bertz CT molecular complexity index is 498. The SMILES string of the molecule is CC(C)(C)OC(=O)NC=CCCc1cc(B(O)O)ccn1. The monoisotopic (exact) mass is 292 g/mol. The molecule has 0 bridgehead atoms. The lowest BCUT2D eigenvalue weighted by atomic mass is 9.80. The highest BCUT2D eigenvalue weighted by Gasteiger charge is 2.14. The number of ether oxygens (including phenoxy) is 1. The third-order valence-electron chi connectivity index (χ3n) is 2.42. The van der Waals surface area contributed by atoms with Crippen molar-refractivity contribution in [2.75, 3.05) is 0 Å². The summed E-state index contributed by atoms with van der Waals surface area (Å²) in [5.74, 6) is 0. The van der Waals surface area contributed by atoms with Crippen molar-refractivity contribution in [3.63, 3.8) is 0 Å². The van der Waals surface area contributed by atoms with Crippen LogP contribution in [0, 0.1) is 0 Å². The van der Waals surface area contributed by atoms with E-state index >= 15 is 0 Å².